The first-order chi connectivity index (χ1) is 17.7. The maximum atomic E-state index is 10.6. The fraction of sp³-hybridized carbons (Fsp3) is 0.400. The van der Waals surface area contributed by atoms with Gasteiger partial charge in [0.25, 0.3) is 0 Å². The minimum atomic E-state index is -0.171. The summed E-state index contributed by atoms with van der Waals surface area (Å²) >= 11 is 0. The highest BCUT2D eigenvalue weighted by Gasteiger charge is 2.43. The lowest BCUT2D eigenvalue weighted by Gasteiger charge is -2.46. The predicted molar refractivity (Wildman–Crippen MR) is 141 cm³/mol. The zero-order chi connectivity index (χ0) is 24.9. The third-order valence-corrected chi connectivity index (χ3v) is 7.65. The van der Waals surface area contributed by atoms with Gasteiger partial charge in [-0.25, -0.2) is 0 Å². The molecule has 5 rings (SSSR count). The van der Waals surface area contributed by atoms with Gasteiger partial charge in [-0.15, -0.1) is 0 Å². The van der Waals surface area contributed by atoms with Gasteiger partial charge in [0.15, 0.2) is 0 Å². The van der Waals surface area contributed by atoms with E-state index in [1.165, 1.54) is 5.56 Å². The van der Waals surface area contributed by atoms with Crippen molar-refractivity contribution in [3.63, 3.8) is 0 Å². The molecule has 3 aromatic rings. The molecule has 36 heavy (non-hydrogen) atoms. The van der Waals surface area contributed by atoms with Gasteiger partial charge in [0.1, 0.15) is 6.23 Å². The molecule has 2 saturated heterocycles. The van der Waals surface area contributed by atoms with Crippen molar-refractivity contribution in [2.75, 3.05) is 39.7 Å². The second-order valence-corrected chi connectivity index (χ2v) is 10.0. The molecule has 0 radical (unpaired) electrons. The highest BCUT2D eigenvalue weighted by Crippen LogP contribution is 2.38. The van der Waals surface area contributed by atoms with Crippen LogP contribution in [0.25, 0.3) is 0 Å². The summed E-state index contributed by atoms with van der Waals surface area (Å²) in [5, 5.41) is 21.1. The van der Waals surface area contributed by atoms with Gasteiger partial charge in [0.2, 0.25) is 0 Å². The van der Waals surface area contributed by atoms with Gasteiger partial charge in [-0.05, 0) is 16.7 Å². The third-order valence-electron chi connectivity index (χ3n) is 7.65. The Balaban J connectivity index is 1.51. The summed E-state index contributed by atoms with van der Waals surface area (Å²) in [6.45, 7) is 4.97. The molecule has 0 spiro atoms. The van der Waals surface area contributed by atoms with Crippen LogP contribution in [0, 0.1) is 5.92 Å². The summed E-state index contributed by atoms with van der Waals surface area (Å²) in [7, 11) is 0. The molecule has 2 heterocycles. The zero-order valence-corrected chi connectivity index (χ0v) is 20.9. The molecular formula is C30H37N3O3. The van der Waals surface area contributed by atoms with Crippen molar-refractivity contribution in [1.29, 1.82) is 0 Å². The molecule has 3 aromatic carbocycles. The lowest BCUT2D eigenvalue weighted by Crippen LogP contribution is -2.55. The van der Waals surface area contributed by atoms with E-state index in [1.54, 1.807) is 0 Å². The van der Waals surface area contributed by atoms with Crippen molar-refractivity contribution in [3.8, 4) is 0 Å². The summed E-state index contributed by atoms with van der Waals surface area (Å²) in [5.41, 5.74) is 3.43. The molecule has 2 unspecified atom stereocenters. The van der Waals surface area contributed by atoms with Crippen LogP contribution < -0.4 is 0 Å². The molecule has 2 aliphatic rings. The van der Waals surface area contributed by atoms with E-state index >= 15 is 0 Å². The molecule has 2 fully saturated rings. The molecule has 0 aliphatic carbocycles. The SMILES string of the molecule is CC1CN([C@@H](CO)c2ccccc2)CN([C@@H](CO)c2ccccc2)CN2C1OC[C@H]2c1ccccc1. The molecule has 2 N–H and O–H groups in total. The number of hydrogen-bond donors (Lipinski definition) is 2. The van der Waals surface area contributed by atoms with Gasteiger partial charge < -0.3 is 14.9 Å². The van der Waals surface area contributed by atoms with Crippen LogP contribution >= 0.6 is 0 Å². The Morgan fingerprint density at radius 2 is 1.28 bits per heavy atom. The topological polar surface area (TPSA) is 59.4 Å². The number of aliphatic hydroxyl groups is 2. The van der Waals surface area contributed by atoms with Crippen LogP contribution in [-0.2, 0) is 4.74 Å². The fourth-order valence-electron chi connectivity index (χ4n) is 5.83. The molecule has 0 bridgehead atoms. The minimum absolute atomic E-state index is 0.0118. The Labute approximate surface area is 214 Å². The molecule has 6 heteroatoms. The van der Waals surface area contributed by atoms with Crippen LogP contribution in [0.1, 0.15) is 41.7 Å². The Morgan fingerprint density at radius 1 is 0.750 bits per heavy atom. The smallest absolute Gasteiger partial charge is 0.116 e. The highest BCUT2D eigenvalue weighted by atomic mass is 16.5. The van der Waals surface area contributed by atoms with Crippen LogP contribution in [0.5, 0.6) is 0 Å². The monoisotopic (exact) mass is 487 g/mol. The van der Waals surface area contributed by atoms with E-state index in [0.29, 0.717) is 19.9 Å². The van der Waals surface area contributed by atoms with Gasteiger partial charge in [0, 0.05) is 12.5 Å². The zero-order valence-electron chi connectivity index (χ0n) is 20.9. The maximum absolute atomic E-state index is 10.6. The van der Waals surface area contributed by atoms with Crippen molar-refractivity contribution in [1.82, 2.24) is 14.7 Å². The summed E-state index contributed by atoms with van der Waals surface area (Å²) in [5.74, 6) is 0.239. The molecule has 0 aromatic heterocycles. The standard InChI is InChI=1S/C30H37N3O3/c1-23-17-31(27(18-34)24-11-5-2-6-12-24)21-32(28(19-35)25-13-7-3-8-14-25)22-33-29(20-36-30(23)33)26-15-9-4-10-16-26/h2-16,23,27-30,34-35H,17-22H2,1H3/t23?,27-,28-,29-,30?/m0/s1. The number of fused-ring (bicyclic) bond motifs is 1. The first-order valence-electron chi connectivity index (χ1n) is 12.9. The first kappa shape index (κ1) is 25.1. The summed E-state index contributed by atoms with van der Waals surface area (Å²) in [4.78, 5) is 7.14. The molecule has 190 valence electrons. The minimum Gasteiger partial charge on any atom is -0.394 e. The maximum Gasteiger partial charge on any atom is 0.116 e. The van der Waals surface area contributed by atoms with E-state index in [1.807, 2.05) is 42.5 Å². The average Bonchev–Trinajstić information content (AvgIpc) is 3.33. The van der Waals surface area contributed by atoms with Crippen LogP contribution in [0.15, 0.2) is 91.0 Å². The van der Waals surface area contributed by atoms with Crippen molar-refractivity contribution >= 4 is 0 Å². The van der Waals surface area contributed by atoms with Crippen molar-refractivity contribution in [3.05, 3.63) is 108 Å². The van der Waals surface area contributed by atoms with Gasteiger partial charge in [-0.3, -0.25) is 14.7 Å². The lowest BCUT2D eigenvalue weighted by molar-refractivity contribution is -0.101. The fourth-order valence-corrected chi connectivity index (χ4v) is 5.83. The first-order valence-corrected chi connectivity index (χ1v) is 12.9. The van der Waals surface area contributed by atoms with Crippen LogP contribution in [0.2, 0.25) is 0 Å². The third kappa shape index (κ3) is 5.25. The predicted octanol–water partition coefficient (Wildman–Crippen LogP) is 4.02. The summed E-state index contributed by atoms with van der Waals surface area (Å²) < 4.78 is 6.45. The van der Waals surface area contributed by atoms with Gasteiger partial charge in [-0.1, -0.05) is 97.9 Å². The number of rotatable bonds is 7. The Bertz CT molecular complexity index is 1070. The van der Waals surface area contributed by atoms with E-state index < -0.39 is 0 Å². The Hall–Kier alpha value is -2.58. The highest BCUT2D eigenvalue weighted by molar-refractivity contribution is 5.23. The van der Waals surface area contributed by atoms with E-state index in [0.717, 1.165) is 17.7 Å². The average molecular weight is 488 g/mol. The number of hydrogen-bond acceptors (Lipinski definition) is 6. The summed E-state index contributed by atoms with van der Waals surface area (Å²) in [6.07, 6.45) is -0.0502. The second kappa shape index (κ2) is 11.6. The quantitative estimate of drug-likeness (QED) is 0.525. The van der Waals surface area contributed by atoms with E-state index in [4.69, 9.17) is 4.74 Å². The Morgan fingerprint density at radius 3 is 1.83 bits per heavy atom. The van der Waals surface area contributed by atoms with Crippen LogP contribution in [0.3, 0.4) is 0 Å². The van der Waals surface area contributed by atoms with Crippen LogP contribution in [0.4, 0.5) is 0 Å². The van der Waals surface area contributed by atoms with Crippen molar-refractivity contribution in [2.45, 2.75) is 31.3 Å². The summed E-state index contributed by atoms with van der Waals surface area (Å²) in [6, 6.07) is 30.9. The van der Waals surface area contributed by atoms with Crippen LogP contribution in [-0.4, -0.2) is 70.8 Å². The molecule has 5 atom stereocenters. The number of aliphatic hydroxyl groups excluding tert-OH is 2. The second-order valence-electron chi connectivity index (χ2n) is 10.0. The van der Waals surface area contributed by atoms with E-state index in [-0.39, 0.29) is 43.5 Å². The molecule has 0 amide bonds. The molecular weight excluding hydrogens is 450 g/mol. The lowest BCUT2D eigenvalue weighted by atomic mass is 10.00. The molecule has 2 aliphatic heterocycles. The van der Waals surface area contributed by atoms with E-state index in [2.05, 4.69) is 70.2 Å². The number of nitrogens with zero attached hydrogens (tertiary/aromatic N) is 3. The number of benzene rings is 3. The largest absolute Gasteiger partial charge is 0.394 e. The van der Waals surface area contributed by atoms with Gasteiger partial charge in [0.05, 0.1) is 51.3 Å². The van der Waals surface area contributed by atoms with Gasteiger partial charge in [-0.2, -0.15) is 0 Å². The number of ether oxygens (including phenoxy) is 1. The van der Waals surface area contributed by atoms with Crippen molar-refractivity contribution < 1.29 is 14.9 Å². The van der Waals surface area contributed by atoms with Crippen molar-refractivity contribution in [2.24, 2.45) is 5.92 Å². The molecule has 6 nitrogen and oxygen atoms in total. The van der Waals surface area contributed by atoms with Gasteiger partial charge >= 0.3 is 0 Å². The molecule has 0 saturated carbocycles. The Kier molecular flexibility index (Phi) is 8.12. The van der Waals surface area contributed by atoms with E-state index in [9.17, 15) is 10.2 Å². The normalized spacial score (nSPS) is 25.6.